The fourth-order valence-corrected chi connectivity index (χ4v) is 3.78. The number of carboxylic acid groups (broad SMARTS) is 1. The van der Waals surface area contributed by atoms with Crippen LogP contribution in [0.5, 0.6) is 0 Å². The second kappa shape index (κ2) is 15.6. The van der Waals surface area contributed by atoms with Crippen LogP contribution in [0.4, 0.5) is 35.7 Å². The summed E-state index contributed by atoms with van der Waals surface area (Å²) >= 11 is 0. The number of aromatic nitrogens is 6. The minimum absolute atomic E-state index is 0.00396. The molecule has 4 rings (SSSR count). The molecule has 4 heterocycles. The largest absolute Gasteiger partial charge is 0.480 e. The molecule has 2 aliphatic rings. The molecule has 0 aromatic carbocycles. The predicted molar refractivity (Wildman–Crippen MR) is 148 cm³/mol. The highest BCUT2D eigenvalue weighted by molar-refractivity contribution is 5.75. The van der Waals surface area contributed by atoms with Crippen molar-refractivity contribution in [1.29, 1.82) is 0 Å². The minimum atomic E-state index is -1.02. The van der Waals surface area contributed by atoms with E-state index >= 15 is 0 Å². The van der Waals surface area contributed by atoms with Crippen molar-refractivity contribution in [2.45, 2.75) is 6.92 Å². The SMILES string of the molecule is CC(=Nc1nc(NCCNCCNc2nc(NCC(=O)O)nc(N3CCOCC3)n2)nc(N2CCOCC2)n1)OO. The third-order valence-corrected chi connectivity index (χ3v) is 5.78. The smallest absolute Gasteiger partial charge is 0.322 e. The number of carbonyl (C=O) groups is 1. The standard InChI is InChI=1S/C22H35N13O6/c1-15(41-38)27-20-29-18(31-22(33-20)35-8-12-40-13-9-35)25-5-3-23-2-4-24-17-28-19(26-14-16(36)37)32-21(30-17)34-6-10-39-11-7-34/h23,38H,2-14H2,1H3,(H,36,37)(H,25,29,31,33)(H2,24,26,28,30,32). The average molecular weight is 578 g/mol. The predicted octanol–water partition coefficient (Wildman–Crippen LogP) is -1.12. The van der Waals surface area contributed by atoms with Gasteiger partial charge in [0, 0.05) is 59.3 Å². The summed E-state index contributed by atoms with van der Waals surface area (Å²) in [6.45, 7) is 8.22. The van der Waals surface area contributed by atoms with Crippen LogP contribution in [0.25, 0.3) is 0 Å². The first-order chi connectivity index (χ1) is 20.0. The molecule has 224 valence electrons. The second-order valence-electron chi connectivity index (χ2n) is 8.81. The van der Waals surface area contributed by atoms with Gasteiger partial charge in [-0.3, -0.25) is 4.79 Å². The van der Waals surface area contributed by atoms with Gasteiger partial charge in [0.15, 0.2) is 0 Å². The van der Waals surface area contributed by atoms with Crippen LogP contribution in [0.15, 0.2) is 4.99 Å². The Morgan fingerprint density at radius 2 is 1.32 bits per heavy atom. The number of rotatable bonds is 14. The number of nitrogens with zero attached hydrogens (tertiary/aromatic N) is 9. The van der Waals surface area contributed by atoms with E-state index in [9.17, 15) is 4.79 Å². The first-order valence-corrected chi connectivity index (χ1v) is 13.2. The molecular formula is C22H35N13O6. The monoisotopic (exact) mass is 577 g/mol. The van der Waals surface area contributed by atoms with Crippen LogP contribution < -0.4 is 31.1 Å². The van der Waals surface area contributed by atoms with Crippen LogP contribution in [-0.4, -0.2) is 137 Å². The highest BCUT2D eigenvalue weighted by atomic mass is 17.1. The minimum Gasteiger partial charge on any atom is -0.480 e. The Morgan fingerprint density at radius 1 is 0.805 bits per heavy atom. The van der Waals surface area contributed by atoms with Gasteiger partial charge in [0.2, 0.25) is 35.6 Å². The molecule has 2 aromatic rings. The van der Waals surface area contributed by atoms with Crippen LogP contribution in [0.3, 0.4) is 0 Å². The van der Waals surface area contributed by atoms with E-state index in [-0.39, 0.29) is 24.3 Å². The van der Waals surface area contributed by atoms with E-state index in [4.69, 9.17) is 19.8 Å². The van der Waals surface area contributed by atoms with E-state index in [1.165, 1.54) is 6.92 Å². The van der Waals surface area contributed by atoms with Gasteiger partial charge in [-0.05, 0) is 0 Å². The lowest BCUT2D eigenvalue weighted by Gasteiger charge is -2.27. The fraction of sp³-hybridized carbons (Fsp3) is 0.636. The maximum Gasteiger partial charge on any atom is 0.322 e. The Bertz CT molecular complexity index is 1160. The quantitative estimate of drug-likeness (QED) is 0.0513. The van der Waals surface area contributed by atoms with Gasteiger partial charge in [-0.25, -0.2) is 5.26 Å². The van der Waals surface area contributed by atoms with E-state index in [2.05, 4.69) is 61.1 Å². The van der Waals surface area contributed by atoms with Crippen molar-refractivity contribution in [2.24, 2.45) is 4.99 Å². The lowest BCUT2D eigenvalue weighted by molar-refractivity contribution is -0.155. The number of ether oxygens (including phenoxy) is 2. The molecule has 0 spiro atoms. The highest BCUT2D eigenvalue weighted by Crippen LogP contribution is 2.17. The van der Waals surface area contributed by atoms with Gasteiger partial charge in [0.25, 0.3) is 5.95 Å². The number of anilines is 5. The lowest BCUT2D eigenvalue weighted by atomic mass is 10.4. The molecule has 2 fully saturated rings. The molecule has 0 saturated carbocycles. The van der Waals surface area contributed by atoms with Crippen molar-refractivity contribution >= 4 is 47.6 Å². The Morgan fingerprint density at radius 3 is 1.85 bits per heavy atom. The van der Waals surface area contributed by atoms with Crippen molar-refractivity contribution in [1.82, 2.24) is 35.2 Å². The summed E-state index contributed by atoms with van der Waals surface area (Å²) in [4.78, 5) is 49.3. The number of aliphatic carboxylic acids is 1. The Hall–Kier alpha value is -4.20. The summed E-state index contributed by atoms with van der Waals surface area (Å²) in [6, 6.07) is 0. The van der Waals surface area contributed by atoms with Crippen molar-refractivity contribution in [3.05, 3.63) is 0 Å². The Kier molecular flexibility index (Phi) is 11.3. The molecule has 0 unspecified atom stereocenters. The molecule has 0 bridgehead atoms. The van der Waals surface area contributed by atoms with Crippen molar-refractivity contribution in [3.8, 4) is 0 Å². The average Bonchev–Trinajstić information content (AvgIpc) is 3.00. The summed E-state index contributed by atoms with van der Waals surface area (Å²) in [7, 11) is 0. The van der Waals surface area contributed by atoms with E-state index in [0.717, 1.165) is 0 Å². The van der Waals surface area contributed by atoms with Crippen LogP contribution >= 0.6 is 0 Å². The normalized spacial score (nSPS) is 15.9. The topological polar surface area (TPSA) is 230 Å². The number of hydrogen-bond donors (Lipinski definition) is 6. The summed E-state index contributed by atoms with van der Waals surface area (Å²) in [6.07, 6.45) is 0. The molecule has 2 aliphatic heterocycles. The van der Waals surface area contributed by atoms with Crippen molar-refractivity contribution in [2.75, 3.05) is 111 Å². The highest BCUT2D eigenvalue weighted by Gasteiger charge is 2.18. The molecule has 19 nitrogen and oxygen atoms in total. The van der Waals surface area contributed by atoms with Gasteiger partial charge in [0.1, 0.15) is 6.54 Å². The first-order valence-electron chi connectivity index (χ1n) is 13.2. The number of carboxylic acids is 1. The summed E-state index contributed by atoms with van der Waals surface area (Å²) in [5, 5.41) is 30.1. The second-order valence-corrected chi connectivity index (χ2v) is 8.81. The summed E-state index contributed by atoms with van der Waals surface area (Å²) in [5.41, 5.74) is 0. The van der Waals surface area contributed by atoms with Gasteiger partial charge in [-0.2, -0.15) is 34.9 Å². The third-order valence-electron chi connectivity index (χ3n) is 5.78. The fourth-order valence-electron chi connectivity index (χ4n) is 3.78. The Balaban J connectivity index is 1.26. The molecule has 0 amide bonds. The Labute approximate surface area is 235 Å². The van der Waals surface area contributed by atoms with Gasteiger partial charge >= 0.3 is 5.97 Å². The van der Waals surface area contributed by atoms with Crippen molar-refractivity contribution < 1.29 is 29.5 Å². The maximum atomic E-state index is 11.0. The summed E-state index contributed by atoms with van der Waals surface area (Å²) < 4.78 is 10.8. The molecule has 0 radical (unpaired) electrons. The third kappa shape index (κ3) is 9.74. The van der Waals surface area contributed by atoms with Crippen LogP contribution in [-0.2, 0) is 19.2 Å². The molecule has 6 N–H and O–H groups in total. The van der Waals surface area contributed by atoms with Gasteiger partial charge < -0.3 is 50.5 Å². The first kappa shape index (κ1) is 29.8. The van der Waals surface area contributed by atoms with Gasteiger partial charge in [-0.15, -0.1) is 0 Å². The molecule has 2 saturated heterocycles. The zero-order chi connectivity index (χ0) is 28.9. The van der Waals surface area contributed by atoms with E-state index < -0.39 is 5.97 Å². The zero-order valence-corrected chi connectivity index (χ0v) is 22.7. The maximum absolute atomic E-state index is 11.0. The molecule has 0 aliphatic carbocycles. The summed E-state index contributed by atoms with van der Waals surface area (Å²) in [5.74, 6) is 0.870. The van der Waals surface area contributed by atoms with Crippen LogP contribution in [0.2, 0.25) is 0 Å². The molecular weight excluding hydrogens is 542 g/mol. The van der Waals surface area contributed by atoms with Gasteiger partial charge in [-0.1, -0.05) is 0 Å². The van der Waals surface area contributed by atoms with E-state index in [1.54, 1.807) is 0 Å². The molecule has 41 heavy (non-hydrogen) atoms. The lowest BCUT2D eigenvalue weighted by Crippen LogP contribution is -2.37. The van der Waals surface area contributed by atoms with Crippen LogP contribution in [0.1, 0.15) is 6.92 Å². The molecule has 19 heteroatoms. The number of aliphatic imine (C=N–C) groups is 1. The zero-order valence-electron chi connectivity index (χ0n) is 22.7. The molecule has 2 aromatic heterocycles. The number of nitrogens with one attached hydrogen (secondary N) is 4. The number of hydrogen-bond acceptors (Lipinski definition) is 18. The van der Waals surface area contributed by atoms with E-state index in [0.29, 0.717) is 103 Å². The number of morpholine rings is 2. The molecule has 0 atom stereocenters. The van der Waals surface area contributed by atoms with Crippen LogP contribution in [0, 0.1) is 0 Å². The van der Waals surface area contributed by atoms with E-state index in [1.807, 2.05) is 9.80 Å². The van der Waals surface area contributed by atoms with Gasteiger partial charge in [0.05, 0.1) is 26.4 Å². The van der Waals surface area contributed by atoms with Crippen molar-refractivity contribution in [3.63, 3.8) is 0 Å².